The summed E-state index contributed by atoms with van der Waals surface area (Å²) in [5.41, 5.74) is 5.39. The summed E-state index contributed by atoms with van der Waals surface area (Å²) in [6.45, 7) is 15.1. The van der Waals surface area contributed by atoms with Crippen LogP contribution in [-0.2, 0) is 0 Å². The molecule has 9 heteroatoms. The minimum atomic E-state index is -0.290. The summed E-state index contributed by atoms with van der Waals surface area (Å²) in [7, 11) is 0. The fourth-order valence-electron chi connectivity index (χ4n) is 4.42. The van der Waals surface area contributed by atoms with Crippen molar-refractivity contribution in [3.8, 4) is 22.9 Å². The highest BCUT2D eigenvalue weighted by Gasteiger charge is 2.19. The number of carbonyl (C=O) groups is 1. The van der Waals surface area contributed by atoms with E-state index in [2.05, 4.69) is 46.4 Å². The molecule has 4 aromatic rings. The van der Waals surface area contributed by atoms with Gasteiger partial charge in [0.05, 0.1) is 25.5 Å². The van der Waals surface area contributed by atoms with Crippen LogP contribution in [0, 0.1) is 6.92 Å². The molecular weight excluding hydrogens is 494 g/mol. The molecule has 0 aliphatic carbocycles. The van der Waals surface area contributed by atoms with Gasteiger partial charge in [-0.1, -0.05) is 0 Å². The first kappa shape index (κ1) is 27.8. The number of anilines is 2. The van der Waals surface area contributed by atoms with Gasteiger partial charge in [-0.25, -0.2) is 0 Å². The first-order valence-electron chi connectivity index (χ1n) is 13.5. The highest BCUT2D eigenvalue weighted by Crippen LogP contribution is 2.39. The summed E-state index contributed by atoms with van der Waals surface area (Å²) >= 11 is 0. The first-order chi connectivity index (χ1) is 18.9. The number of ether oxygens (including phenoxy) is 3. The number of carbonyl (C=O) groups excluding carboxylic acids is 1. The second-order valence-electron chi connectivity index (χ2n) is 8.89. The minimum absolute atomic E-state index is 0.290. The molecule has 0 atom stereocenters. The Morgan fingerprint density at radius 3 is 1.92 bits per heavy atom. The standard InChI is InChI=1S/C30H37N5O4/c1-7-34(8-2)22-12-14-23(15-13-22)35-32-25-16-20(6)24(19-26(25)33-35)31-30(36)21-17-27(37-9-3)29(39-11-5)28(18-21)38-10-4/h12-19H,7-11H2,1-6H3,(H,31,36). The average Bonchev–Trinajstić information content (AvgIpc) is 3.34. The van der Waals surface area contributed by atoms with Crippen LogP contribution in [0.25, 0.3) is 16.7 Å². The van der Waals surface area contributed by atoms with Crippen molar-refractivity contribution in [2.24, 2.45) is 0 Å². The highest BCUT2D eigenvalue weighted by molar-refractivity contribution is 6.06. The lowest BCUT2D eigenvalue weighted by Gasteiger charge is -2.20. The number of hydrogen-bond donors (Lipinski definition) is 1. The normalized spacial score (nSPS) is 10.9. The molecule has 0 radical (unpaired) electrons. The van der Waals surface area contributed by atoms with Crippen LogP contribution in [0.4, 0.5) is 11.4 Å². The van der Waals surface area contributed by atoms with Crippen molar-refractivity contribution < 1.29 is 19.0 Å². The van der Waals surface area contributed by atoms with Crippen molar-refractivity contribution in [2.75, 3.05) is 43.1 Å². The number of aryl methyl sites for hydroxylation is 1. The minimum Gasteiger partial charge on any atom is -0.490 e. The van der Waals surface area contributed by atoms with Crippen LogP contribution < -0.4 is 24.4 Å². The summed E-state index contributed by atoms with van der Waals surface area (Å²) in [6, 6.07) is 15.3. The van der Waals surface area contributed by atoms with Crippen molar-refractivity contribution in [3.05, 3.63) is 59.7 Å². The van der Waals surface area contributed by atoms with Gasteiger partial charge in [0.15, 0.2) is 11.5 Å². The zero-order valence-electron chi connectivity index (χ0n) is 23.6. The van der Waals surface area contributed by atoms with Crippen molar-refractivity contribution in [3.63, 3.8) is 0 Å². The SMILES string of the molecule is CCOc1cc(C(=O)Nc2cc3nn(-c4ccc(N(CC)CC)cc4)nc3cc2C)cc(OCC)c1OCC. The maximum Gasteiger partial charge on any atom is 0.255 e. The van der Waals surface area contributed by atoms with Crippen molar-refractivity contribution in [1.82, 2.24) is 15.0 Å². The number of hydrogen-bond acceptors (Lipinski definition) is 7. The van der Waals surface area contributed by atoms with Crippen LogP contribution in [0.5, 0.6) is 17.2 Å². The maximum absolute atomic E-state index is 13.3. The molecular formula is C30H37N5O4. The number of fused-ring (bicyclic) bond motifs is 1. The van der Waals surface area contributed by atoms with Gasteiger partial charge in [-0.2, -0.15) is 4.80 Å². The molecule has 0 aliphatic heterocycles. The molecule has 0 saturated heterocycles. The van der Waals surface area contributed by atoms with E-state index in [1.807, 2.05) is 52.0 Å². The molecule has 1 amide bonds. The fraction of sp³-hybridized carbons (Fsp3) is 0.367. The molecule has 39 heavy (non-hydrogen) atoms. The van der Waals surface area contributed by atoms with E-state index in [4.69, 9.17) is 14.2 Å². The third kappa shape index (κ3) is 6.08. The van der Waals surface area contributed by atoms with Crippen LogP contribution in [-0.4, -0.2) is 53.8 Å². The number of amides is 1. The quantitative estimate of drug-likeness (QED) is 0.239. The molecule has 4 rings (SSSR count). The Labute approximate surface area is 229 Å². The van der Waals surface area contributed by atoms with Gasteiger partial charge in [0.25, 0.3) is 5.91 Å². The Morgan fingerprint density at radius 1 is 0.821 bits per heavy atom. The summed E-state index contributed by atoms with van der Waals surface area (Å²) in [6.07, 6.45) is 0. The maximum atomic E-state index is 13.3. The molecule has 1 heterocycles. The predicted octanol–water partition coefficient (Wildman–Crippen LogP) is 6.02. The lowest BCUT2D eigenvalue weighted by molar-refractivity contribution is 0.102. The number of nitrogens with one attached hydrogen (secondary N) is 1. The summed E-state index contributed by atoms with van der Waals surface area (Å²) < 4.78 is 17.3. The van der Waals surface area contributed by atoms with Gasteiger partial charge in [0.2, 0.25) is 5.75 Å². The molecule has 9 nitrogen and oxygen atoms in total. The number of benzene rings is 3. The Morgan fingerprint density at radius 2 is 1.38 bits per heavy atom. The van der Waals surface area contributed by atoms with Crippen LogP contribution in [0.2, 0.25) is 0 Å². The largest absolute Gasteiger partial charge is 0.490 e. The third-order valence-electron chi connectivity index (χ3n) is 6.36. The van der Waals surface area contributed by atoms with Crippen LogP contribution >= 0.6 is 0 Å². The first-order valence-corrected chi connectivity index (χ1v) is 13.5. The number of aromatic nitrogens is 3. The lowest BCUT2D eigenvalue weighted by atomic mass is 10.1. The van der Waals surface area contributed by atoms with E-state index >= 15 is 0 Å². The third-order valence-corrected chi connectivity index (χ3v) is 6.36. The van der Waals surface area contributed by atoms with Crippen LogP contribution in [0.15, 0.2) is 48.5 Å². The van der Waals surface area contributed by atoms with Gasteiger partial charge >= 0.3 is 0 Å². The summed E-state index contributed by atoms with van der Waals surface area (Å²) in [5.74, 6) is 1.15. The smallest absolute Gasteiger partial charge is 0.255 e. The molecule has 0 unspecified atom stereocenters. The zero-order chi connectivity index (χ0) is 27.9. The van der Waals surface area contributed by atoms with Crippen molar-refractivity contribution >= 4 is 28.3 Å². The molecule has 0 spiro atoms. The van der Waals surface area contributed by atoms with Gasteiger partial charge in [-0.05, 0) is 95.6 Å². The van der Waals surface area contributed by atoms with E-state index in [1.165, 1.54) is 0 Å². The average molecular weight is 532 g/mol. The van der Waals surface area contributed by atoms with E-state index in [0.717, 1.165) is 35.5 Å². The Hall–Kier alpha value is -4.27. The monoisotopic (exact) mass is 531 g/mol. The van der Waals surface area contributed by atoms with Crippen LogP contribution in [0.3, 0.4) is 0 Å². The van der Waals surface area contributed by atoms with Crippen molar-refractivity contribution in [2.45, 2.75) is 41.5 Å². The van der Waals surface area contributed by atoms with Gasteiger partial charge in [0, 0.05) is 30.0 Å². The molecule has 0 fully saturated rings. The van der Waals surface area contributed by atoms with E-state index in [-0.39, 0.29) is 5.91 Å². The lowest BCUT2D eigenvalue weighted by Crippen LogP contribution is -2.21. The number of rotatable bonds is 12. The van der Waals surface area contributed by atoms with E-state index in [0.29, 0.717) is 53.8 Å². The second-order valence-corrected chi connectivity index (χ2v) is 8.89. The second kappa shape index (κ2) is 12.5. The van der Waals surface area contributed by atoms with Gasteiger partial charge in [0.1, 0.15) is 11.0 Å². The Balaban J connectivity index is 1.62. The molecule has 1 N–H and O–H groups in total. The molecule has 206 valence electrons. The topological polar surface area (TPSA) is 90.7 Å². The van der Waals surface area contributed by atoms with E-state index in [9.17, 15) is 4.79 Å². The van der Waals surface area contributed by atoms with Crippen molar-refractivity contribution in [1.29, 1.82) is 0 Å². The van der Waals surface area contributed by atoms with Gasteiger partial charge < -0.3 is 24.4 Å². The molecule has 3 aromatic carbocycles. The van der Waals surface area contributed by atoms with E-state index in [1.54, 1.807) is 16.9 Å². The Bertz CT molecular complexity index is 1400. The van der Waals surface area contributed by atoms with E-state index < -0.39 is 0 Å². The molecule has 0 saturated carbocycles. The van der Waals surface area contributed by atoms with Crippen LogP contribution in [0.1, 0.15) is 50.5 Å². The number of nitrogens with zero attached hydrogens (tertiary/aromatic N) is 4. The fourth-order valence-corrected chi connectivity index (χ4v) is 4.42. The highest BCUT2D eigenvalue weighted by atomic mass is 16.5. The molecule has 1 aromatic heterocycles. The molecule has 0 bridgehead atoms. The summed E-state index contributed by atoms with van der Waals surface area (Å²) in [4.78, 5) is 17.2. The predicted molar refractivity (Wildman–Crippen MR) is 155 cm³/mol. The molecule has 0 aliphatic rings. The summed E-state index contributed by atoms with van der Waals surface area (Å²) in [5, 5.41) is 12.4. The van der Waals surface area contributed by atoms with Gasteiger partial charge in [-0.3, -0.25) is 4.79 Å². The van der Waals surface area contributed by atoms with Gasteiger partial charge in [-0.15, -0.1) is 10.2 Å². The Kier molecular flexibility index (Phi) is 8.91. The zero-order valence-corrected chi connectivity index (χ0v) is 23.6.